The van der Waals surface area contributed by atoms with Crippen molar-refractivity contribution in [1.82, 2.24) is 20.2 Å². The quantitative estimate of drug-likeness (QED) is 0.843. The van der Waals surface area contributed by atoms with Crippen molar-refractivity contribution in [1.29, 1.82) is 0 Å². The van der Waals surface area contributed by atoms with Crippen LogP contribution in [0, 0.1) is 0 Å². The molecule has 1 aromatic carbocycles. The highest BCUT2D eigenvalue weighted by atomic mass is 15.5. The van der Waals surface area contributed by atoms with E-state index in [9.17, 15) is 0 Å². The van der Waals surface area contributed by atoms with Gasteiger partial charge in [0.2, 0.25) is 0 Å². The Kier molecular flexibility index (Phi) is 3.57. The number of nitrogens with two attached hydrogens (primary N) is 1. The second-order valence-electron chi connectivity index (χ2n) is 4.43. The van der Waals surface area contributed by atoms with E-state index in [2.05, 4.69) is 44.7 Å². The summed E-state index contributed by atoms with van der Waals surface area (Å²) < 4.78 is 1.66. The van der Waals surface area contributed by atoms with Crippen LogP contribution in [0.25, 0.3) is 0 Å². The van der Waals surface area contributed by atoms with Crippen LogP contribution in [0.4, 0.5) is 5.69 Å². The molecule has 0 amide bonds. The molecule has 6 nitrogen and oxygen atoms in total. The summed E-state index contributed by atoms with van der Waals surface area (Å²) >= 11 is 0. The Morgan fingerprint density at radius 1 is 1.28 bits per heavy atom. The summed E-state index contributed by atoms with van der Waals surface area (Å²) in [5, 5.41) is 11.5. The van der Waals surface area contributed by atoms with Crippen LogP contribution in [-0.4, -0.2) is 40.8 Å². The minimum atomic E-state index is 0.0289. The third kappa shape index (κ3) is 2.33. The summed E-state index contributed by atoms with van der Waals surface area (Å²) in [5.41, 5.74) is 8.13. The lowest BCUT2D eigenvalue weighted by Gasteiger charge is -2.16. The highest BCUT2D eigenvalue weighted by Crippen LogP contribution is 2.23. The molecule has 96 valence electrons. The van der Waals surface area contributed by atoms with Crippen LogP contribution >= 0.6 is 0 Å². The summed E-state index contributed by atoms with van der Waals surface area (Å²) in [6.07, 6.45) is 0. The van der Waals surface area contributed by atoms with Crippen LogP contribution in [0.5, 0.6) is 0 Å². The SMILES string of the molecule is CN(C)c1ccc(C(CN)c2nnnn2C)cc1. The first-order valence-corrected chi connectivity index (χ1v) is 5.83. The third-order valence-corrected chi connectivity index (χ3v) is 3.01. The zero-order chi connectivity index (χ0) is 13.1. The first kappa shape index (κ1) is 12.5. The molecule has 0 aliphatic carbocycles. The van der Waals surface area contributed by atoms with Crippen molar-refractivity contribution in [3.8, 4) is 0 Å². The van der Waals surface area contributed by atoms with E-state index in [-0.39, 0.29) is 5.92 Å². The van der Waals surface area contributed by atoms with E-state index >= 15 is 0 Å². The fourth-order valence-electron chi connectivity index (χ4n) is 1.93. The van der Waals surface area contributed by atoms with Crippen LogP contribution in [-0.2, 0) is 7.05 Å². The summed E-state index contributed by atoms with van der Waals surface area (Å²) in [6.45, 7) is 0.482. The van der Waals surface area contributed by atoms with Crippen molar-refractivity contribution < 1.29 is 0 Å². The fraction of sp³-hybridized carbons (Fsp3) is 0.417. The molecule has 18 heavy (non-hydrogen) atoms. The smallest absolute Gasteiger partial charge is 0.159 e. The van der Waals surface area contributed by atoms with E-state index in [0.29, 0.717) is 6.54 Å². The average Bonchev–Trinajstić information content (AvgIpc) is 2.78. The molecule has 1 aromatic heterocycles. The summed E-state index contributed by atoms with van der Waals surface area (Å²) in [7, 11) is 5.86. The van der Waals surface area contributed by atoms with Gasteiger partial charge in [-0.15, -0.1) is 5.10 Å². The van der Waals surface area contributed by atoms with E-state index in [0.717, 1.165) is 17.1 Å². The summed E-state index contributed by atoms with van der Waals surface area (Å²) in [4.78, 5) is 2.06. The van der Waals surface area contributed by atoms with Gasteiger partial charge < -0.3 is 10.6 Å². The van der Waals surface area contributed by atoms with Crippen molar-refractivity contribution in [3.05, 3.63) is 35.7 Å². The zero-order valence-corrected chi connectivity index (χ0v) is 10.9. The Labute approximate surface area is 106 Å². The molecule has 0 spiro atoms. The first-order chi connectivity index (χ1) is 8.63. The molecule has 0 radical (unpaired) electrons. The van der Waals surface area contributed by atoms with Crippen molar-refractivity contribution in [2.45, 2.75) is 5.92 Å². The minimum Gasteiger partial charge on any atom is -0.378 e. The van der Waals surface area contributed by atoms with Crippen molar-refractivity contribution in [3.63, 3.8) is 0 Å². The highest BCUT2D eigenvalue weighted by Gasteiger charge is 2.18. The van der Waals surface area contributed by atoms with Crippen LogP contribution in [0.15, 0.2) is 24.3 Å². The Balaban J connectivity index is 2.31. The molecular formula is C12H18N6. The summed E-state index contributed by atoms with van der Waals surface area (Å²) in [5.74, 6) is 0.816. The van der Waals surface area contributed by atoms with E-state index in [1.165, 1.54) is 0 Å². The molecular weight excluding hydrogens is 228 g/mol. The minimum absolute atomic E-state index is 0.0289. The Bertz CT molecular complexity index is 502. The largest absolute Gasteiger partial charge is 0.378 e. The molecule has 0 bridgehead atoms. The van der Waals surface area contributed by atoms with Gasteiger partial charge in [0.1, 0.15) is 0 Å². The molecule has 0 saturated carbocycles. The molecule has 0 aliphatic heterocycles. The molecule has 6 heteroatoms. The van der Waals surface area contributed by atoms with E-state index in [1.54, 1.807) is 4.68 Å². The number of tetrazole rings is 1. The van der Waals surface area contributed by atoms with Gasteiger partial charge in [-0.3, -0.25) is 0 Å². The number of aromatic nitrogens is 4. The normalized spacial score (nSPS) is 12.4. The average molecular weight is 246 g/mol. The fourth-order valence-corrected chi connectivity index (χ4v) is 1.93. The van der Waals surface area contributed by atoms with Crippen LogP contribution < -0.4 is 10.6 Å². The van der Waals surface area contributed by atoms with Gasteiger partial charge in [0, 0.05) is 33.4 Å². The molecule has 0 saturated heterocycles. The van der Waals surface area contributed by atoms with E-state index in [1.807, 2.05) is 21.1 Å². The number of benzene rings is 1. The number of nitrogens with zero attached hydrogens (tertiary/aromatic N) is 5. The lowest BCUT2D eigenvalue weighted by molar-refractivity contribution is 0.641. The predicted molar refractivity (Wildman–Crippen MR) is 70.5 cm³/mol. The number of hydrogen-bond donors (Lipinski definition) is 1. The number of anilines is 1. The molecule has 0 fully saturated rings. The standard InChI is InChI=1S/C12H18N6/c1-17(2)10-6-4-9(5-7-10)11(8-13)12-14-15-16-18(12)3/h4-7,11H,8,13H2,1-3H3. The van der Waals surface area contributed by atoms with Gasteiger partial charge >= 0.3 is 0 Å². The second-order valence-corrected chi connectivity index (χ2v) is 4.43. The predicted octanol–water partition coefficient (Wildman–Crippen LogP) is 0.367. The van der Waals surface area contributed by atoms with Crippen molar-refractivity contribution >= 4 is 5.69 Å². The maximum Gasteiger partial charge on any atom is 0.159 e. The molecule has 0 aliphatic rings. The number of rotatable bonds is 4. The second kappa shape index (κ2) is 5.14. The van der Waals surface area contributed by atoms with Gasteiger partial charge in [0.05, 0.1) is 5.92 Å². The topological polar surface area (TPSA) is 72.9 Å². The van der Waals surface area contributed by atoms with Gasteiger partial charge in [-0.05, 0) is 28.1 Å². The molecule has 1 heterocycles. The lowest BCUT2D eigenvalue weighted by Crippen LogP contribution is -2.18. The molecule has 2 N–H and O–H groups in total. The third-order valence-electron chi connectivity index (χ3n) is 3.01. The van der Waals surface area contributed by atoms with Crippen molar-refractivity contribution in [2.75, 3.05) is 25.5 Å². The van der Waals surface area contributed by atoms with Crippen LogP contribution in [0.3, 0.4) is 0 Å². The highest BCUT2D eigenvalue weighted by molar-refractivity contribution is 5.47. The maximum atomic E-state index is 5.84. The molecule has 1 unspecified atom stereocenters. The lowest BCUT2D eigenvalue weighted by atomic mass is 9.98. The zero-order valence-electron chi connectivity index (χ0n) is 10.9. The molecule has 2 aromatic rings. The maximum absolute atomic E-state index is 5.84. The number of hydrogen-bond acceptors (Lipinski definition) is 5. The Hall–Kier alpha value is -1.95. The molecule has 1 atom stereocenters. The van der Waals surface area contributed by atoms with Crippen molar-refractivity contribution in [2.24, 2.45) is 12.8 Å². The van der Waals surface area contributed by atoms with Gasteiger partial charge in [-0.1, -0.05) is 12.1 Å². The van der Waals surface area contributed by atoms with E-state index in [4.69, 9.17) is 5.73 Å². The van der Waals surface area contributed by atoms with Gasteiger partial charge in [-0.2, -0.15) is 0 Å². The number of aryl methyl sites for hydroxylation is 1. The van der Waals surface area contributed by atoms with Gasteiger partial charge in [0.25, 0.3) is 0 Å². The Morgan fingerprint density at radius 3 is 2.39 bits per heavy atom. The van der Waals surface area contributed by atoms with Gasteiger partial charge in [0.15, 0.2) is 5.82 Å². The summed E-state index contributed by atoms with van der Waals surface area (Å²) in [6, 6.07) is 8.28. The van der Waals surface area contributed by atoms with Crippen LogP contribution in [0.2, 0.25) is 0 Å². The molecule has 2 rings (SSSR count). The van der Waals surface area contributed by atoms with E-state index < -0.39 is 0 Å². The van der Waals surface area contributed by atoms with Crippen LogP contribution in [0.1, 0.15) is 17.3 Å². The van der Waals surface area contributed by atoms with Gasteiger partial charge in [-0.25, -0.2) is 4.68 Å². The monoisotopic (exact) mass is 246 g/mol. The first-order valence-electron chi connectivity index (χ1n) is 5.83. The Morgan fingerprint density at radius 2 is 1.94 bits per heavy atom.